The number of imide groups is 1. The Morgan fingerprint density at radius 2 is 1.52 bits per heavy atom. The minimum atomic E-state index is -0.829. The number of hydrogen-bond acceptors (Lipinski definition) is 5. The molecule has 0 aliphatic carbocycles. The fraction of sp³-hybridized carbons (Fsp3) is 0. The molecule has 6 nitrogen and oxygen atoms in total. The highest BCUT2D eigenvalue weighted by Crippen LogP contribution is 2.25. The topological polar surface area (TPSA) is 76.8 Å². The Kier molecular flexibility index (Phi) is 2.77. The average molecular weight is 307 g/mol. The number of hydrogen-bond donors (Lipinski definition) is 0. The molecule has 0 unspecified atom stereocenters. The second-order valence-electron chi connectivity index (χ2n) is 4.97. The predicted octanol–water partition coefficient (Wildman–Crippen LogP) is 2.80. The van der Waals surface area contributed by atoms with Crippen molar-refractivity contribution in [2.24, 2.45) is 0 Å². The lowest BCUT2D eigenvalue weighted by atomic mass is 10.1. The van der Waals surface area contributed by atoms with Crippen molar-refractivity contribution in [1.82, 2.24) is 5.06 Å². The van der Waals surface area contributed by atoms with Crippen LogP contribution in [0.25, 0.3) is 11.0 Å². The van der Waals surface area contributed by atoms with Crippen LogP contribution >= 0.6 is 0 Å². The molecule has 112 valence electrons. The highest BCUT2D eigenvalue weighted by molar-refractivity contribution is 6.21. The summed E-state index contributed by atoms with van der Waals surface area (Å²) in [6.45, 7) is 0. The quantitative estimate of drug-likeness (QED) is 0.680. The normalized spacial score (nSPS) is 13.5. The first-order chi connectivity index (χ1) is 11.2. The minimum Gasteiger partial charge on any atom is -0.463 e. The van der Waals surface area contributed by atoms with Crippen molar-refractivity contribution in [1.29, 1.82) is 0 Å². The molecule has 6 heteroatoms. The van der Waals surface area contributed by atoms with E-state index in [1.165, 1.54) is 18.4 Å². The third-order valence-electron chi connectivity index (χ3n) is 3.63. The van der Waals surface area contributed by atoms with Gasteiger partial charge in [0.05, 0.1) is 11.1 Å². The van der Waals surface area contributed by atoms with Crippen LogP contribution in [0.5, 0.6) is 0 Å². The number of para-hydroxylation sites is 1. The number of carbonyl (C=O) groups excluding carboxylic acids is 3. The summed E-state index contributed by atoms with van der Waals surface area (Å²) in [4.78, 5) is 41.7. The lowest BCUT2D eigenvalue weighted by molar-refractivity contribution is -0.0583. The van der Waals surface area contributed by atoms with E-state index in [4.69, 9.17) is 9.25 Å². The molecular weight excluding hydrogens is 298 g/mol. The molecular formula is C17H9NO5. The van der Waals surface area contributed by atoms with Gasteiger partial charge in [0, 0.05) is 5.39 Å². The van der Waals surface area contributed by atoms with Crippen LogP contribution in [-0.4, -0.2) is 22.8 Å². The Bertz CT molecular complexity index is 937. The Labute approximate surface area is 129 Å². The molecule has 0 spiro atoms. The van der Waals surface area contributed by atoms with Crippen LogP contribution in [0.4, 0.5) is 0 Å². The summed E-state index contributed by atoms with van der Waals surface area (Å²) in [6, 6.07) is 13.2. The molecule has 0 N–H and O–H groups in total. The number of rotatable bonds is 2. The van der Waals surface area contributed by atoms with Crippen molar-refractivity contribution >= 4 is 28.8 Å². The number of fused-ring (bicyclic) bond motifs is 2. The van der Waals surface area contributed by atoms with E-state index in [1.54, 1.807) is 36.4 Å². The van der Waals surface area contributed by atoms with E-state index in [9.17, 15) is 14.4 Å². The summed E-state index contributed by atoms with van der Waals surface area (Å²) in [5, 5.41) is 1.03. The van der Waals surface area contributed by atoms with Crippen LogP contribution in [0.1, 0.15) is 31.1 Å². The Balaban J connectivity index is 1.65. The molecule has 0 saturated heterocycles. The zero-order valence-electron chi connectivity index (χ0n) is 11.7. The first kappa shape index (κ1) is 13.3. The largest absolute Gasteiger partial charge is 0.463 e. The van der Waals surface area contributed by atoms with Gasteiger partial charge in [-0.15, -0.1) is 0 Å². The Hall–Kier alpha value is -3.41. The number of nitrogens with zero attached hydrogens (tertiary/aromatic N) is 1. The van der Waals surface area contributed by atoms with Gasteiger partial charge in [-0.05, 0) is 18.2 Å². The van der Waals surface area contributed by atoms with Gasteiger partial charge in [0.25, 0.3) is 11.8 Å². The molecule has 2 aromatic carbocycles. The van der Waals surface area contributed by atoms with Gasteiger partial charge in [-0.3, -0.25) is 9.59 Å². The van der Waals surface area contributed by atoms with Gasteiger partial charge in [-0.1, -0.05) is 35.4 Å². The zero-order chi connectivity index (χ0) is 16.0. The van der Waals surface area contributed by atoms with E-state index in [2.05, 4.69) is 0 Å². The van der Waals surface area contributed by atoms with Gasteiger partial charge in [0.2, 0.25) is 0 Å². The van der Waals surface area contributed by atoms with E-state index >= 15 is 0 Å². The number of carbonyl (C=O) groups is 3. The number of amides is 2. The molecule has 2 amide bonds. The van der Waals surface area contributed by atoms with Gasteiger partial charge >= 0.3 is 5.97 Å². The van der Waals surface area contributed by atoms with Crippen molar-refractivity contribution in [2.45, 2.75) is 0 Å². The third-order valence-corrected chi connectivity index (χ3v) is 3.63. The van der Waals surface area contributed by atoms with Gasteiger partial charge < -0.3 is 9.25 Å². The van der Waals surface area contributed by atoms with Crippen molar-refractivity contribution in [3.05, 3.63) is 71.5 Å². The summed E-state index contributed by atoms with van der Waals surface area (Å²) >= 11 is 0. The molecule has 4 rings (SSSR count). The van der Waals surface area contributed by atoms with Gasteiger partial charge in [-0.2, -0.15) is 0 Å². The fourth-order valence-electron chi connectivity index (χ4n) is 2.52. The summed E-state index contributed by atoms with van der Waals surface area (Å²) in [5.41, 5.74) is 1.09. The second-order valence-corrected chi connectivity index (χ2v) is 4.97. The maximum Gasteiger partial charge on any atom is 0.367 e. The van der Waals surface area contributed by atoms with Crippen molar-refractivity contribution < 1.29 is 23.6 Å². The second kappa shape index (κ2) is 4.81. The molecule has 1 aromatic heterocycles. The van der Waals surface area contributed by atoms with Gasteiger partial charge in [-0.25, -0.2) is 4.79 Å². The van der Waals surface area contributed by atoms with E-state index in [0.29, 0.717) is 16.0 Å². The summed E-state index contributed by atoms with van der Waals surface area (Å²) < 4.78 is 5.26. The predicted molar refractivity (Wildman–Crippen MR) is 78.6 cm³/mol. The molecule has 2 heterocycles. The van der Waals surface area contributed by atoms with Crippen molar-refractivity contribution in [3.8, 4) is 0 Å². The van der Waals surface area contributed by atoms with E-state index in [-0.39, 0.29) is 16.7 Å². The molecule has 0 atom stereocenters. The van der Waals surface area contributed by atoms with Gasteiger partial charge in [0.1, 0.15) is 17.4 Å². The fourth-order valence-corrected chi connectivity index (χ4v) is 2.52. The van der Waals surface area contributed by atoms with E-state index < -0.39 is 17.8 Å². The van der Waals surface area contributed by atoms with Crippen LogP contribution in [0.15, 0.2) is 59.2 Å². The molecule has 3 aromatic rings. The number of benzene rings is 2. The summed E-state index contributed by atoms with van der Waals surface area (Å²) in [5.74, 6) is -2.15. The Morgan fingerprint density at radius 3 is 2.22 bits per heavy atom. The molecule has 1 aliphatic heterocycles. The summed E-state index contributed by atoms with van der Waals surface area (Å²) in [7, 11) is 0. The third kappa shape index (κ3) is 1.92. The maximum atomic E-state index is 12.3. The van der Waals surface area contributed by atoms with Crippen LogP contribution in [0.3, 0.4) is 0 Å². The lowest BCUT2D eigenvalue weighted by Crippen LogP contribution is -2.32. The molecule has 23 heavy (non-hydrogen) atoms. The zero-order valence-corrected chi connectivity index (χ0v) is 11.7. The number of hydroxylamine groups is 2. The maximum absolute atomic E-state index is 12.3. The molecule has 0 saturated carbocycles. The molecule has 1 aliphatic rings. The van der Waals surface area contributed by atoms with Crippen molar-refractivity contribution in [3.63, 3.8) is 0 Å². The highest BCUT2D eigenvalue weighted by atomic mass is 16.7. The number of furan rings is 1. The monoisotopic (exact) mass is 307 g/mol. The van der Waals surface area contributed by atoms with E-state index in [0.717, 1.165) is 0 Å². The van der Waals surface area contributed by atoms with Crippen LogP contribution < -0.4 is 0 Å². The molecule has 0 radical (unpaired) electrons. The smallest absolute Gasteiger partial charge is 0.367 e. The van der Waals surface area contributed by atoms with Crippen molar-refractivity contribution in [2.75, 3.05) is 0 Å². The van der Waals surface area contributed by atoms with E-state index in [1.807, 2.05) is 0 Å². The van der Waals surface area contributed by atoms with Crippen LogP contribution in [-0.2, 0) is 4.84 Å². The first-order valence-corrected chi connectivity index (χ1v) is 6.83. The average Bonchev–Trinajstić information content (AvgIpc) is 3.11. The van der Waals surface area contributed by atoms with Crippen LogP contribution in [0.2, 0.25) is 0 Å². The van der Waals surface area contributed by atoms with Crippen LogP contribution in [0, 0.1) is 0 Å². The summed E-state index contributed by atoms with van der Waals surface area (Å²) in [6.07, 6.45) is 1.24. The Morgan fingerprint density at radius 1 is 0.913 bits per heavy atom. The highest BCUT2D eigenvalue weighted by Gasteiger charge is 2.39. The molecule has 0 bridgehead atoms. The SMILES string of the molecule is O=C(ON1C(=O)c2ccccc2C1=O)c1coc2ccccc12. The molecule has 0 fully saturated rings. The first-order valence-electron chi connectivity index (χ1n) is 6.83. The minimum absolute atomic E-state index is 0.150. The lowest BCUT2D eigenvalue weighted by Gasteiger charge is -2.11. The standard InChI is InChI=1S/C17H9NO5/c19-15-11-6-1-2-7-12(11)16(20)18(15)23-17(21)13-9-22-14-8-4-3-5-10(13)14/h1-9H. The van der Waals surface area contributed by atoms with Gasteiger partial charge in [0.15, 0.2) is 0 Å².